The van der Waals surface area contributed by atoms with E-state index < -0.39 is 22.2 Å². The summed E-state index contributed by atoms with van der Waals surface area (Å²) in [5.74, 6) is -3.00. The summed E-state index contributed by atoms with van der Waals surface area (Å²) >= 11 is 0. The van der Waals surface area contributed by atoms with Crippen LogP contribution in [0.15, 0.2) is 53.3 Å². The Morgan fingerprint density at radius 2 is 1.70 bits per heavy atom. The molecule has 3 rings (SSSR count). The predicted octanol–water partition coefficient (Wildman–Crippen LogP) is 2.02. The Kier molecular flexibility index (Phi) is 6.63. The lowest BCUT2D eigenvalue weighted by atomic mass is 10.0. The topological polar surface area (TPSA) is 132 Å². The number of rotatable bonds is 3. The Bertz CT molecular complexity index is 1250. The van der Waals surface area contributed by atoms with Crippen molar-refractivity contribution >= 4 is 26.8 Å². The molecule has 12 heteroatoms. The molecule has 1 aromatic heterocycles. The number of aromatic nitrogens is 2. The highest BCUT2D eigenvalue weighted by atomic mass is 32.2. The molecular formula is C18H16F3N3O5S. The molecule has 0 atom stereocenters. The van der Waals surface area contributed by atoms with E-state index in [1.165, 1.54) is 4.68 Å². The number of carboxylic acids is 1. The van der Waals surface area contributed by atoms with Crippen LogP contribution in [0.3, 0.4) is 0 Å². The summed E-state index contributed by atoms with van der Waals surface area (Å²) in [7, 11) is -2.02. The van der Waals surface area contributed by atoms with E-state index in [2.05, 4.69) is 5.10 Å². The van der Waals surface area contributed by atoms with Crippen LogP contribution in [-0.4, -0.2) is 35.5 Å². The Morgan fingerprint density at radius 1 is 1.13 bits per heavy atom. The van der Waals surface area contributed by atoms with Gasteiger partial charge in [0.1, 0.15) is 0 Å². The molecule has 0 unspecified atom stereocenters. The summed E-state index contributed by atoms with van der Waals surface area (Å²) in [6, 6.07) is 14.2. The van der Waals surface area contributed by atoms with Crippen molar-refractivity contribution in [1.29, 1.82) is 0 Å². The first-order valence-corrected chi connectivity index (χ1v) is 9.87. The van der Waals surface area contributed by atoms with Crippen molar-refractivity contribution in [3.05, 3.63) is 64.4 Å². The van der Waals surface area contributed by atoms with Crippen LogP contribution >= 0.6 is 0 Å². The zero-order chi connectivity index (χ0) is 22.7. The predicted molar refractivity (Wildman–Crippen MR) is 103 cm³/mol. The molecule has 8 nitrogen and oxygen atoms in total. The van der Waals surface area contributed by atoms with E-state index in [1.807, 2.05) is 18.2 Å². The number of halogens is 3. The normalized spacial score (nSPS) is 11.6. The fourth-order valence-electron chi connectivity index (χ4n) is 2.55. The van der Waals surface area contributed by atoms with E-state index in [0.29, 0.717) is 16.6 Å². The average molecular weight is 443 g/mol. The number of carboxylic acid groups (broad SMARTS) is 1. The van der Waals surface area contributed by atoms with Gasteiger partial charge in [-0.1, -0.05) is 36.4 Å². The highest BCUT2D eigenvalue weighted by Crippen LogP contribution is 2.25. The van der Waals surface area contributed by atoms with E-state index in [9.17, 15) is 26.4 Å². The van der Waals surface area contributed by atoms with E-state index in [0.717, 1.165) is 10.9 Å². The van der Waals surface area contributed by atoms with Crippen molar-refractivity contribution in [2.45, 2.75) is 11.9 Å². The maximum absolute atomic E-state index is 12.2. The summed E-state index contributed by atoms with van der Waals surface area (Å²) < 4.78 is 55.6. The van der Waals surface area contributed by atoms with Gasteiger partial charge in [-0.15, -0.1) is 0 Å². The van der Waals surface area contributed by atoms with Crippen LogP contribution in [0.25, 0.3) is 22.0 Å². The van der Waals surface area contributed by atoms with Gasteiger partial charge in [-0.25, -0.2) is 23.0 Å². The summed E-state index contributed by atoms with van der Waals surface area (Å²) in [5.41, 5.74) is 1.76. The van der Waals surface area contributed by atoms with Crippen molar-refractivity contribution in [3.63, 3.8) is 0 Å². The number of aliphatic carboxylic acids is 1. The van der Waals surface area contributed by atoms with Crippen LogP contribution in [0.2, 0.25) is 0 Å². The van der Waals surface area contributed by atoms with Gasteiger partial charge in [0, 0.05) is 18.0 Å². The van der Waals surface area contributed by atoms with Gasteiger partial charge in [0.15, 0.2) is 0 Å². The Labute approximate surface area is 168 Å². The molecule has 0 aliphatic carbocycles. The molecule has 30 heavy (non-hydrogen) atoms. The van der Waals surface area contributed by atoms with E-state index in [-0.39, 0.29) is 11.3 Å². The third kappa shape index (κ3) is 5.87. The van der Waals surface area contributed by atoms with Gasteiger partial charge < -0.3 is 5.11 Å². The van der Waals surface area contributed by atoms with Crippen molar-refractivity contribution in [1.82, 2.24) is 9.78 Å². The molecule has 3 aromatic rings. The molecular weight excluding hydrogens is 427 g/mol. The summed E-state index contributed by atoms with van der Waals surface area (Å²) in [6.07, 6.45) is -5.08. The summed E-state index contributed by atoms with van der Waals surface area (Å²) in [6.45, 7) is 0. The zero-order valence-electron chi connectivity index (χ0n) is 15.4. The third-order valence-corrected chi connectivity index (χ3v) is 4.50. The highest BCUT2D eigenvalue weighted by molar-refractivity contribution is 7.88. The van der Waals surface area contributed by atoms with Gasteiger partial charge >= 0.3 is 12.1 Å². The molecule has 0 bridgehead atoms. The number of primary sulfonamides is 1. The maximum Gasteiger partial charge on any atom is 0.490 e. The number of hydrogen-bond acceptors (Lipinski definition) is 5. The molecule has 0 amide bonds. The molecule has 0 saturated carbocycles. The molecule has 160 valence electrons. The fraction of sp³-hybridized carbons (Fsp3) is 0.167. The Hall–Kier alpha value is -3.25. The van der Waals surface area contributed by atoms with Crippen LogP contribution in [0, 0.1) is 0 Å². The standard InChI is InChI=1S/C16H15N3O3S.C2HF3O2/c1-19-16(20)14-8-3-2-7-13(14)15(18-19)12-6-4-5-11(9-12)10-23(17,21)22;3-2(4,5)1(6)7/h2-9H,10H2,1H3,(H2,17,21,22);(H,6,7). The van der Waals surface area contributed by atoms with Gasteiger partial charge in [-0.2, -0.15) is 18.3 Å². The van der Waals surface area contributed by atoms with Crippen LogP contribution < -0.4 is 10.7 Å². The SMILES string of the molecule is Cn1nc(-c2cccc(CS(N)(=O)=O)c2)c2ccccc2c1=O.O=C(O)C(F)(F)F. The van der Waals surface area contributed by atoms with Gasteiger partial charge in [0.2, 0.25) is 10.0 Å². The lowest BCUT2D eigenvalue weighted by molar-refractivity contribution is -0.192. The first-order valence-electron chi connectivity index (χ1n) is 8.15. The van der Waals surface area contributed by atoms with Gasteiger partial charge in [0.25, 0.3) is 5.56 Å². The number of hydrogen-bond donors (Lipinski definition) is 2. The maximum atomic E-state index is 12.2. The molecule has 3 N–H and O–H groups in total. The second kappa shape index (κ2) is 8.63. The Morgan fingerprint density at radius 3 is 2.23 bits per heavy atom. The largest absolute Gasteiger partial charge is 0.490 e. The van der Waals surface area contributed by atoms with Crippen molar-refractivity contribution in [2.24, 2.45) is 12.2 Å². The minimum absolute atomic E-state index is 0.176. The number of carbonyl (C=O) groups is 1. The molecule has 2 aromatic carbocycles. The minimum Gasteiger partial charge on any atom is -0.475 e. The second-order valence-electron chi connectivity index (χ2n) is 6.13. The lowest BCUT2D eigenvalue weighted by Gasteiger charge is -2.09. The fourth-order valence-corrected chi connectivity index (χ4v) is 3.20. The first kappa shape index (κ1) is 23.0. The van der Waals surface area contributed by atoms with E-state index in [4.69, 9.17) is 15.0 Å². The Balaban J connectivity index is 0.000000396. The summed E-state index contributed by atoms with van der Waals surface area (Å²) in [4.78, 5) is 21.1. The molecule has 0 aliphatic heterocycles. The third-order valence-electron chi connectivity index (χ3n) is 3.77. The number of aryl methyl sites for hydroxylation is 1. The number of nitrogens with two attached hydrogens (primary N) is 1. The molecule has 0 fully saturated rings. The quantitative estimate of drug-likeness (QED) is 0.637. The van der Waals surface area contributed by atoms with Crippen LogP contribution in [0.5, 0.6) is 0 Å². The number of sulfonamides is 1. The van der Waals surface area contributed by atoms with E-state index in [1.54, 1.807) is 37.4 Å². The average Bonchev–Trinajstić information content (AvgIpc) is 2.63. The van der Waals surface area contributed by atoms with Crippen LogP contribution in [0.1, 0.15) is 5.56 Å². The zero-order valence-corrected chi connectivity index (χ0v) is 16.2. The second-order valence-corrected chi connectivity index (χ2v) is 7.75. The number of alkyl halides is 3. The van der Waals surface area contributed by atoms with Crippen molar-refractivity contribution in [2.75, 3.05) is 0 Å². The van der Waals surface area contributed by atoms with Gasteiger partial charge in [-0.3, -0.25) is 4.79 Å². The first-order chi connectivity index (χ1) is 13.8. The minimum atomic E-state index is -5.08. The molecule has 0 spiro atoms. The highest BCUT2D eigenvalue weighted by Gasteiger charge is 2.38. The van der Waals surface area contributed by atoms with Gasteiger partial charge in [-0.05, 0) is 17.7 Å². The molecule has 0 radical (unpaired) electrons. The monoisotopic (exact) mass is 443 g/mol. The lowest BCUT2D eigenvalue weighted by Crippen LogP contribution is -2.21. The molecule has 0 saturated heterocycles. The van der Waals surface area contributed by atoms with Gasteiger partial charge in [0.05, 0.1) is 16.8 Å². The molecule has 0 aliphatic rings. The van der Waals surface area contributed by atoms with Crippen molar-refractivity contribution < 1.29 is 31.5 Å². The van der Waals surface area contributed by atoms with Crippen LogP contribution in [-0.2, 0) is 27.6 Å². The van der Waals surface area contributed by atoms with E-state index >= 15 is 0 Å². The van der Waals surface area contributed by atoms with Crippen LogP contribution in [0.4, 0.5) is 13.2 Å². The summed E-state index contributed by atoms with van der Waals surface area (Å²) in [5, 5.41) is 17.9. The number of nitrogens with zero attached hydrogens (tertiary/aromatic N) is 2. The van der Waals surface area contributed by atoms with Crippen molar-refractivity contribution in [3.8, 4) is 11.3 Å². The number of fused-ring (bicyclic) bond motifs is 1. The molecule has 1 heterocycles. The smallest absolute Gasteiger partial charge is 0.475 e. The number of benzene rings is 2.